The molecular formula is C14H18Cl2N2O2. The highest BCUT2D eigenvalue weighted by atomic mass is 35.5. The first kappa shape index (κ1) is 15.4. The number of amides is 1. The summed E-state index contributed by atoms with van der Waals surface area (Å²) in [5.74, 6) is -0.267. The van der Waals surface area contributed by atoms with Crippen molar-refractivity contribution >= 4 is 34.8 Å². The van der Waals surface area contributed by atoms with Gasteiger partial charge in [0.25, 0.3) is 5.91 Å². The standard InChI is InChI=1S/C14H18Cl2N2O2/c1-14(2)10(6-11(14)20-3)18-13(19)8-4-7(17)5-9(15)12(8)16/h4-5,10-11H,6,17H2,1-3H3,(H,18,19). The second-order valence-corrected chi connectivity index (χ2v) is 6.46. The van der Waals surface area contributed by atoms with Gasteiger partial charge in [-0.15, -0.1) is 0 Å². The van der Waals surface area contributed by atoms with Crippen LogP contribution in [0.5, 0.6) is 0 Å². The summed E-state index contributed by atoms with van der Waals surface area (Å²) in [5.41, 5.74) is 6.30. The van der Waals surface area contributed by atoms with Gasteiger partial charge in [-0.05, 0) is 18.6 Å². The van der Waals surface area contributed by atoms with Crippen LogP contribution in [0.1, 0.15) is 30.6 Å². The Hall–Kier alpha value is -0.970. The fourth-order valence-electron chi connectivity index (χ4n) is 2.54. The molecule has 110 valence electrons. The maximum Gasteiger partial charge on any atom is 0.253 e. The van der Waals surface area contributed by atoms with Crippen molar-refractivity contribution in [2.75, 3.05) is 12.8 Å². The van der Waals surface area contributed by atoms with Gasteiger partial charge in [0.2, 0.25) is 0 Å². The number of nitrogens with two attached hydrogens (primary N) is 1. The van der Waals surface area contributed by atoms with Crippen LogP contribution >= 0.6 is 23.2 Å². The van der Waals surface area contributed by atoms with E-state index in [1.807, 2.05) is 0 Å². The van der Waals surface area contributed by atoms with Crippen LogP contribution < -0.4 is 11.1 Å². The Bertz CT molecular complexity index is 546. The monoisotopic (exact) mass is 316 g/mol. The lowest BCUT2D eigenvalue weighted by molar-refractivity contribution is -0.0942. The lowest BCUT2D eigenvalue weighted by Crippen LogP contribution is -2.61. The molecule has 20 heavy (non-hydrogen) atoms. The van der Waals surface area contributed by atoms with Crippen LogP contribution in [0.3, 0.4) is 0 Å². The highest BCUT2D eigenvalue weighted by Crippen LogP contribution is 2.42. The molecule has 0 radical (unpaired) electrons. The summed E-state index contributed by atoms with van der Waals surface area (Å²) in [5, 5.41) is 3.46. The van der Waals surface area contributed by atoms with Crippen LogP contribution in [0.2, 0.25) is 10.0 Å². The number of hydrogen-bond donors (Lipinski definition) is 2. The van der Waals surface area contributed by atoms with Gasteiger partial charge in [0.05, 0.1) is 21.7 Å². The van der Waals surface area contributed by atoms with Gasteiger partial charge in [0.1, 0.15) is 0 Å². The summed E-state index contributed by atoms with van der Waals surface area (Å²) in [7, 11) is 1.68. The van der Waals surface area contributed by atoms with Gasteiger partial charge in [-0.25, -0.2) is 0 Å². The topological polar surface area (TPSA) is 64.3 Å². The molecule has 0 bridgehead atoms. The molecule has 1 aliphatic carbocycles. The number of methoxy groups -OCH3 is 1. The fraction of sp³-hybridized carbons (Fsp3) is 0.500. The lowest BCUT2D eigenvalue weighted by Gasteiger charge is -2.51. The molecular weight excluding hydrogens is 299 g/mol. The van der Waals surface area contributed by atoms with E-state index in [-0.39, 0.29) is 33.5 Å². The highest BCUT2D eigenvalue weighted by molar-refractivity contribution is 6.44. The molecule has 1 fully saturated rings. The van der Waals surface area contributed by atoms with E-state index < -0.39 is 0 Å². The van der Waals surface area contributed by atoms with E-state index in [0.717, 1.165) is 6.42 Å². The predicted molar refractivity (Wildman–Crippen MR) is 81.3 cm³/mol. The number of carbonyl (C=O) groups excluding carboxylic acids is 1. The number of rotatable bonds is 3. The average molecular weight is 317 g/mol. The van der Waals surface area contributed by atoms with Crippen LogP contribution in [0.15, 0.2) is 12.1 Å². The van der Waals surface area contributed by atoms with E-state index >= 15 is 0 Å². The Morgan fingerprint density at radius 3 is 2.65 bits per heavy atom. The highest BCUT2D eigenvalue weighted by Gasteiger charge is 2.49. The molecule has 1 saturated carbocycles. The molecule has 1 amide bonds. The molecule has 0 aromatic heterocycles. The number of nitrogens with one attached hydrogen (secondary N) is 1. The largest absolute Gasteiger partial charge is 0.399 e. The van der Waals surface area contributed by atoms with Crippen LogP contribution in [0.25, 0.3) is 0 Å². The summed E-state index contributed by atoms with van der Waals surface area (Å²) in [6, 6.07) is 3.09. The molecule has 6 heteroatoms. The SMILES string of the molecule is COC1CC(NC(=O)c2cc(N)cc(Cl)c2Cl)C1(C)C. The van der Waals surface area contributed by atoms with Crippen molar-refractivity contribution in [1.29, 1.82) is 0 Å². The first-order valence-corrected chi connectivity index (χ1v) is 7.11. The molecule has 0 saturated heterocycles. The minimum absolute atomic E-state index is 0.0382. The van der Waals surface area contributed by atoms with Gasteiger partial charge in [-0.3, -0.25) is 4.79 Å². The van der Waals surface area contributed by atoms with Crippen LogP contribution in [0.4, 0.5) is 5.69 Å². The van der Waals surface area contributed by atoms with Crippen LogP contribution in [-0.4, -0.2) is 25.2 Å². The minimum Gasteiger partial charge on any atom is -0.399 e. The summed E-state index contributed by atoms with van der Waals surface area (Å²) < 4.78 is 5.36. The first-order valence-electron chi connectivity index (χ1n) is 6.35. The third-order valence-corrected chi connectivity index (χ3v) is 4.86. The van der Waals surface area contributed by atoms with Crippen LogP contribution in [-0.2, 0) is 4.74 Å². The van der Waals surface area contributed by atoms with Crippen molar-refractivity contribution in [2.24, 2.45) is 5.41 Å². The smallest absolute Gasteiger partial charge is 0.253 e. The van der Waals surface area contributed by atoms with E-state index in [0.29, 0.717) is 11.3 Å². The second kappa shape index (κ2) is 5.43. The molecule has 0 aliphatic heterocycles. The number of hydrogen-bond acceptors (Lipinski definition) is 3. The Balaban J connectivity index is 2.15. The Morgan fingerprint density at radius 2 is 2.10 bits per heavy atom. The van der Waals surface area contributed by atoms with Gasteiger partial charge in [0.15, 0.2) is 0 Å². The van der Waals surface area contributed by atoms with Gasteiger partial charge in [-0.2, -0.15) is 0 Å². The van der Waals surface area contributed by atoms with E-state index in [1.54, 1.807) is 7.11 Å². The molecule has 2 rings (SSSR count). The number of nitrogen functional groups attached to an aromatic ring is 1. The Kier molecular flexibility index (Phi) is 4.19. The molecule has 4 nitrogen and oxygen atoms in total. The van der Waals surface area contributed by atoms with Gasteiger partial charge in [0, 0.05) is 24.3 Å². The third kappa shape index (κ3) is 2.60. The maximum absolute atomic E-state index is 12.3. The van der Waals surface area contributed by atoms with Crippen molar-refractivity contribution in [3.8, 4) is 0 Å². The molecule has 2 unspecified atom stereocenters. The molecule has 2 atom stereocenters. The zero-order valence-corrected chi connectivity index (χ0v) is 13.2. The van der Waals surface area contributed by atoms with Crippen molar-refractivity contribution < 1.29 is 9.53 Å². The van der Waals surface area contributed by atoms with Crippen molar-refractivity contribution in [1.82, 2.24) is 5.32 Å². The normalized spacial score (nSPS) is 24.1. The van der Waals surface area contributed by atoms with Gasteiger partial charge < -0.3 is 15.8 Å². The van der Waals surface area contributed by atoms with Gasteiger partial charge >= 0.3 is 0 Å². The molecule has 1 aromatic rings. The maximum atomic E-state index is 12.3. The van der Waals surface area contributed by atoms with Crippen molar-refractivity contribution in [3.05, 3.63) is 27.7 Å². The number of ether oxygens (including phenoxy) is 1. The number of halogens is 2. The van der Waals surface area contributed by atoms with Crippen molar-refractivity contribution in [2.45, 2.75) is 32.4 Å². The quantitative estimate of drug-likeness (QED) is 0.842. The summed E-state index contributed by atoms with van der Waals surface area (Å²) in [6.07, 6.45) is 0.927. The first-order chi connectivity index (χ1) is 9.27. The summed E-state index contributed by atoms with van der Waals surface area (Å²) >= 11 is 12.0. The molecule has 1 aliphatic rings. The average Bonchev–Trinajstić information content (AvgIpc) is 2.37. The van der Waals surface area contributed by atoms with E-state index in [2.05, 4.69) is 19.2 Å². The molecule has 1 aromatic carbocycles. The fourth-order valence-corrected chi connectivity index (χ4v) is 2.96. The number of benzene rings is 1. The number of carbonyl (C=O) groups is 1. The number of anilines is 1. The summed E-state index contributed by atoms with van der Waals surface area (Å²) in [6.45, 7) is 4.12. The molecule has 0 spiro atoms. The zero-order chi connectivity index (χ0) is 15.1. The predicted octanol–water partition coefficient (Wildman–Crippen LogP) is 3.12. The van der Waals surface area contributed by atoms with Gasteiger partial charge in [-0.1, -0.05) is 37.0 Å². The molecule has 3 N–H and O–H groups in total. The van der Waals surface area contributed by atoms with E-state index in [4.69, 9.17) is 33.7 Å². The molecule has 0 heterocycles. The Morgan fingerprint density at radius 1 is 1.45 bits per heavy atom. The third-order valence-electron chi connectivity index (χ3n) is 4.06. The van der Waals surface area contributed by atoms with Crippen LogP contribution in [0, 0.1) is 5.41 Å². The Labute approximate surface area is 128 Å². The van der Waals surface area contributed by atoms with E-state index in [9.17, 15) is 4.79 Å². The lowest BCUT2D eigenvalue weighted by atomic mass is 9.64. The minimum atomic E-state index is -0.267. The second-order valence-electron chi connectivity index (χ2n) is 5.67. The van der Waals surface area contributed by atoms with E-state index in [1.165, 1.54) is 12.1 Å². The zero-order valence-electron chi connectivity index (χ0n) is 11.7. The summed E-state index contributed by atoms with van der Waals surface area (Å²) in [4.78, 5) is 12.3. The van der Waals surface area contributed by atoms with Crippen molar-refractivity contribution in [3.63, 3.8) is 0 Å².